The summed E-state index contributed by atoms with van der Waals surface area (Å²) in [4.78, 5) is 12.0. The van der Waals surface area contributed by atoms with Crippen molar-refractivity contribution in [3.05, 3.63) is 11.8 Å². The van der Waals surface area contributed by atoms with Crippen LogP contribution in [0.25, 0.3) is 0 Å². The van der Waals surface area contributed by atoms with Gasteiger partial charge in [0, 0.05) is 19.3 Å². The molecule has 2 N–H and O–H groups in total. The molecule has 0 aliphatic carbocycles. The van der Waals surface area contributed by atoms with Gasteiger partial charge in [-0.2, -0.15) is 5.10 Å². The first kappa shape index (κ1) is 18.4. The molecule has 0 unspecified atom stereocenters. The Kier molecular flexibility index (Phi) is 8.50. The van der Waals surface area contributed by atoms with E-state index in [2.05, 4.69) is 29.6 Å². The van der Waals surface area contributed by atoms with E-state index in [0.29, 0.717) is 23.1 Å². The van der Waals surface area contributed by atoms with Gasteiger partial charge in [-0.05, 0) is 32.0 Å². The lowest BCUT2D eigenvalue weighted by Gasteiger charge is -2.09. The van der Waals surface area contributed by atoms with Crippen LogP contribution in [0.4, 0.5) is 5.82 Å². The van der Waals surface area contributed by atoms with Crippen LogP contribution in [0.3, 0.4) is 0 Å². The molecular formula is C15H26N4O2S. The molecule has 7 heteroatoms. The Morgan fingerprint density at radius 2 is 2.05 bits per heavy atom. The summed E-state index contributed by atoms with van der Waals surface area (Å²) in [5.74, 6) is 0.0626. The monoisotopic (exact) mass is 326 g/mol. The van der Waals surface area contributed by atoms with Gasteiger partial charge < -0.3 is 15.4 Å². The van der Waals surface area contributed by atoms with Crippen molar-refractivity contribution < 1.29 is 9.53 Å². The maximum Gasteiger partial charge on any atom is 0.343 e. The summed E-state index contributed by atoms with van der Waals surface area (Å²) >= 11 is 5.23. The molecule has 0 amide bonds. The Hall–Kier alpha value is -1.63. The number of nitrogens with zero attached hydrogens (tertiary/aromatic N) is 2. The van der Waals surface area contributed by atoms with E-state index in [1.165, 1.54) is 0 Å². The fraction of sp³-hybridized carbons (Fsp3) is 0.667. The number of hydrogen-bond donors (Lipinski definition) is 2. The second-order valence-electron chi connectivity index (χ2n) is 4.96. The second kappa shape index (κ2) is 10.2. The largest absolute Gasteiger partial charge is 0.462 e. The Morgan fingerprint density at radius 1 is 1.32 bits per heavy atom. The molecular weight excluding hydrogens is 300 g/mol. The van der Waals surface area contributed by atoms with E-state index in [1.807, 2.05) is 0 Å². The van der Waals surface area contributed by atoms with Gasteiger partial charge in [-0.3, -0.25) is 4.68 Å². The Bertz CT molecular complexity index is 488. The molecule has 1 aromatic heterocycles. The Balaban J connectivity index is 2.78. The number of esters is 1. The number of nitrogens with one attached hydrogen (secondary N) is 2. The number of aromatic nitrogens is 2. The number of carbonyl (C=O) groups excluding carboxylic acids is 1. The maximum atomic E-state index is 12.0. The third-order valence-electron chi connectivity index (χ3n) is 3.05. The van der Waals surface area contributed by atoms with E-state index in [0.717, 1.165) is 38.8 Å². The summed E-state index contributed by atoms with van der Waals surface area (Å²) in [6.07, 6.45) is 5.91. The molecule has 0 bridgehead atoms. The van der Waals surface area contributed by atoms with Crippen molar-refractivity contribution in [2.24, 2.45) is 0 Å². The van der Waals surface area contributed by atoms with Crippen molar-refractivity contribution >= 4 is 29.1 Å². The minimum absolute atomic E-state index is 0.331. The van der Waals surface area contributed by atoms with Crippen LogP contribution in [0.5, 0.6) is 0 Å². The van der Waals surface area contributed by atoms with Crippen LogP contribution in [-0.2, 0) is 11.3 Å². The van der Waals surface area contributed by atoms with E-state index in [1.54, 1.807) is 17.8 Å². The predicted octanol–water partition coefficient (Wildman–Crippen LogP) is 2.95. The normalized spacial score (nSPS) is 10.3. The zero-order chi connectivity index (χ0) is 16.4. The maximum absolute atomic E-state index is 12.0. The Morgan fingerprint density at radius 3 is 2.68 bits per heavy atom. The average Bonchev–Trinajstić information content (AvgIpc) is 2.88. The fourth-order valence-corrected chi connectivity index (χ4v) is 2.04. The topological polar surface area (TPSA) is 68.2 Å². The van der Waals surface area contributed by atoms with Crippen molar-refractivity contribution in [1.29, 1.82) is 0 Å². The molecule has 0 saturated carbocycles. The molecule has 22 heavy (non-hydrogen) atoms. The molecule has 1 heterocycles. The van der Waals surface area contributed by atoms with Gasteiger partial charge in [-0.25, -0.2) is 4.79 Å². The first-order valence-electron chi connectivity index (χ1n) is 7.91. The zero-order valence-electron chi connectivity index (χ0n) is 13.6. The molecule has 0 aliphatic heterocycles. The average molecular weight is 326 g/mol. The minimum atomic E-state index is -0.385. The lowest BCUT2D eigenvalue weighted by atomic mass is 10.3. The minimum Gasteiger partial charge on any atom is -0.462 e. The van der Waals surface area contributed by atoms with Gasteiger partial charge >= 0.3 is 5.97 Å². The summed E-state index contributed by atoms with van der Waals surface area (Å²) in [6.45, 7) is 7.91. The molecule has 0 spiro atoms. The summed E-state index contributed by atoms with van der Waals surface area (Å²) in [6, 6.07) is 0. The summed E-state index contributed by atoms with van der Waals surface area (Å²) in [7, 11) is 0. The van der Waals surface area contributed by atoms with Crippen LogP contribution >= 0.6 is 12.2 Å². The van der Waals surface area contributed by atoms with Gasteiger partial charge in [0.15, 0.2) is 10.9 Å². The SMILES string of the molecule is CCCCNC(=S)Nc1nn(CCCC)cc1C(=O)OCC. The molecule has 0 aliphatic rings. The number of ether oxygens (including phenoxy) is 1. The van der Waals surface area contributed by atoms with Gasteiger partial charge in [-0.1, -0.05) is 26.7 Å². The van der Waals surface area contributed by atoms with Gasteiger partial charge in [-0.15, -0.1) is 0 Å². The van der Waals surface area contributed by atoms with Gasteiger partial charge in [0.25, 0.3) is 0 Å². The molecule has 0 saturated heterocycles. The van der Waals surface area contributed by atoms with Crippen molar-refractivity contribution in [3.8, 4) is 0 Å². The number of rotatable bonds is 9. The molecule has 1 rings (SSSR count). The van der Waals surface area contributed by atoms with E-state index in [4.69, 9.17) is 17.0 Å². The van der Waals surface area contributed by atoms with Crippen molar-refractivity contribution in [3.63, 3.8) is 0 Å². The summed E-state index contributed by atoms with van der Waals surface area (Å²) in [5.41, 5.74) is 0.414. The predicted molar refractivity (Wildman–Crippen MR) is 92.2 cm³/mol. The third kappa shape index (κ3) is 6.01. The molecule has 0 aromatic carbocycles. The quantitative estimate of drug-likeness (QED) is 0.413. The van der Waals surface area contributed by atoms with Gasteiger partial charge in [0.05, 0.1) is 6.61 Å². The number of thiocarbonyl (C=S) groups is 1. The number of anilines is 1. The van der Waals surface area contributed by atoms with Crippen LogP contribution in [0, 0.1) is 0 Å². The van der Waals surface area contributed by atoms with Crippen LogP contribution in [-0.4, -0.2) is 34.0 Å². The highest BCUT2D eigenvalue weighted by Crippen LogP contribution is 2.15. The number of carbonyl (C=O) groups is 1. The number of unbranched alkanes of at least 4 members (excludes halogenated alkanes) is 2. The summed E-state index contributed by atoms with van der Waals surface area (Å²) < 4.78 is 6.83. The molecule has 6 nitrogen and oxygen atoms in total. The standard InChI is InChI=1S/C15H26N4O2S/c1-4-7-9-16-15(22)17-13-12(14(20)21-6-3)11-19(18-13)10-8-5-2/h11H,4-10H2,1-3H3,(H2,16,17,18,22). The highest BCUT2D eigenvalue weighted by atomic mass is 32.1. The number of hydrogen-bond acceptors (Lipinski definition) is 4. The molecule has 0 atom stereocenters. The summed E-state index contributed by atoms with van der Waals surface area (Å²) in [5, 5.41) is 11.0. The lowest BCUT2D eigenvalue weighted by Crippen LogP contribution is -2.30. The fourth-order valence-electron chi connectivity index (χ4n) is 1.84. The number of aryl methyl sites for hydroxylation is 1. The van der Waals surface area contributed by atoms with Crippen LogP contribution < -0.4 is 10.6 Å². The van der Waals surface area contributed by atoms with Crippen molar-refractivity contribution in [2.75, 3.05) is 18.5 Å². The second-order valence-corrected chi connectivity index (χ2v) is 5.37. The van der Waals surface area contributed by atoms with E-state index in [9.17, 15) is 4.79 Å². The highest BCUT2D eigenvalue weighted by molar-refractivity contribution is 7.80. The first-order chi connectivity index (χ1) is 10.6. The molecule has 0 radical (unpaired) electrons. The molecule has 124 valence electrons. The lowest BCUT2D eigenvalue weighted by molar-refractivity contribution is 0.0527. The van der Waals surface area contributed by atoms with Gasteiger partial charge in [0.1, 0.15) is 5.56 Å². The van der Waals surface area contributed by atoms with Crippen molar-refractivity contribution in [1.82, 2.24) is 15.1 Å². The van der Waals surface area contributed by atoms with Crippen LogP contribution in [0.2, 0.25) is 0 Å². The van der Waals surface area contributed by atoms with Crippen LogP contribution in [0.15, 0.2) is 6.20 Å². The highest BCUT2D eigenvalue weighted by Gasteiger charge is 2.18. The first-order valence-corrected chi connectivity index (χ1v) is 8.32. The smallest absolute Gasteiger partial charge is 0.343 e. The van der Waals surface area contributed by atoms with E-state index in [-0.39, 0.29) is 5.97 Å². The van der Waals surface area contributed by atoms with Crippen molar-refractivity contribution in [2.45, 2.75) is 53.0 Å². The molecule has 1 aromatic rings. The van der Waals surface area contributed by atoms with Gasteiger partial charge in [0.2, 0.25) is 0 Å². The van der Waals surface area contributed by atoms with Crippen LogP contribution in [0.1, 0.15) is 56.8 Å². The van der Waals surface area contributed by atoms with E-state index >= 15 is 0 Å². The zero-order valence-corrected chi connectivity index (χ0v) is 14.5. The Labute approximate surface area is 137 Å². The van der Waals surface area contributed by atoms with E-state index < -0.39 is 0 Å². The molecule has 0 fully saturated rings. The third-order valence-corrected chi connectivity index (χ3v) is 3.29.